The first kappa shape index (κ1) is 19.8. The molecule has 140 valence electrons. The molecule has 2 saturated carbocycles. The molecule has 2 aliphatic carbocycles. The third kappa shape index (κ3) is 6.03. The normalized spacial score (nSPS) is 26.6. The van der Waals surface area contributed by atoms with Crippen molar-refractivity contribution in [2.45, 2.75) is 76.8 Å². The van der Waals surface area contributed by atoms with Gasteiger partial charge in [-0.15, -0.1) is 5.54 Å². The van der Waals surface area contributed by atoms with Crippen molar-refractivity contribution < 1.29 is 0 Å². The Bertz CT molecular complexity index is 690. The number of hydrogen-bond donors (Lipinski definition) is 0. The Balaban J connectivity index is 1.74. The maximum Gasteiger partial charge on any atom is 0.146 e. The molecule has 2 aliphatic rings. The van der Waals surface area contributed by atoms with Gasteiger partial charge in [-0.2, -0.15) is 0 Å². The van der Waals surface area contributed by atoms with Crippen molar-refractivity contribution in [3.63, 3.8) is 0 Å². The topological polar surface area (TPSA) is 12.4 Å². The van der Waals surface area contributed by atoms with Crippen molar-refractivity contribution in [3.8, 4) is 11.5 Å². The van der Waals surface area contributed by atoms with Gasteiger partial charge in [0.1, 0.15) is 13.1 Å². The summed E-state index contributed by atoms with van der Waals surface area (Å²) in [5, 5.41) is 1.74. The highest BCUT2D eigenvalue weighted by molar-refractivity contribution is 8.15. The van der Waals surface area contributed by atoms with Gasteiger partial charge in [0.15, 0.2) is 0 Å². The molecule has 3 atom stereocenters. The molecule has 1 aromatic rings. The van der Waals surface area contributed by atoms with E-state index in [2.05, 4.69) is 62.3 Å². The fourth-order valence-corrected chi connectivity index (χ4v) is 5.92. The van der Waals surface area contributed by atoms with Crippen LogP contribution in [0.15, 0.2) is 29.3 Å². The number of aliphatic imine (C=N–C) groups is 1. The number of aryl methyl sites for hydroxylation is 1. The highest BCUT2D eigenvalue weighted by Gasteiger charge is 2.32. The molecule has 3 heteroatoms. The van der Waals surface area contributed by atoms with Crippen LogP contribution < -0.4 is 0 Å². The lowest BCUT2D eigenvalue weighted by molar-refractivity contribution is 0.175. The molecule has 3 rings (SSSR count). The Morgan fingerprint density at radius 2 is 1.69 bits per heavy atom. The maximum absolute atomic E-state index is 4.93. The molecule has 1 aromatic carbocycles. The molecule has 26 heavy (non-hydrogen) atoms. The predicted molar refractivity (Wildman–Crippen MR) is 120 cm³/mol. The van der Waals surface area contributed by atoms with Crippen LogP contribution in [0.5, 0.6) is 0 Å². The van der Waals surface area contributed by atoms with Crippen LogP contribution in [-0.2, 0) is 0 Å². The zero-order chi connectivity index (χ0) is 18.6. The highest BCUT2D eigenvalue weighted by atomic mass is 32.2. The number of thioether (sulfide) groups is 1. The molecular weight excluding hydrogens is 350 g/mol. The molecular formula is C23H33NSSi. The van der Waals surface area contributed by atoms with E-state index in [-0.39, 0.29) is 0 Å². The van der Waals surface area contributed by atoms with Crippen molar-refractivity contribution in [2.75, 3.05) is 0 Å². The predicted octanol–water partition coefficient (Wildman–Crippen LogP) is 7.00. The molecule has 0 amide bonds. The average Bonchev–Trinajstić information content (AvgIpc) is 2.61. The molecule has 0 aromatic heterocycles. The molecule has 0 radical (unpaired) electrons. The van der Waals surface area contributed by atoms with Gasteiger partial charge in [-0.3, -0.25) is 0 Å². The highest BCUT2D eigenvalue weighted by Crippen LogP contribution is 2.44. The van der Waals surface area contributed by atoms with E-state index in [1.165, 1.54) is 50.5 Å². The van der Waals surface area contributed by atoms with E-state index in [1.54, 1.807) is 0 Å². The quantitative estimate of drug-likeness (QED) is 0.232. The van der Waals surface area contributed by atoms with Gasteiger partial charge in [-0.05, 0) is 56.1 Å². The fourth-order valence-electron chi connectivity index (χ4n) is 4.16. The van der Waals surface area contributed by atoms with Crippen molar-refractivity contribution in [1.82, 2.24) is 0 Å². The van der Waals surface area contributed by atoms with E-state index < -0.39 is 8.07 Å². The molecule has 0 saturated heterocycles. The van der Waals surface area contributed by atoms with Crippen LogP contribution in [0.1, 0.15) is 50.5 Å². The zero-order valence-corrected chi connectivity index (χ0v) is 18.7. The van der Waals surface area contributed by atoms with E-state index in [0.717, 1.165) is 22.6 Å². The molecule has 0 spiro atoms. The van der Waals surface area contributed by atoms with Gasteiger partial charge >= 0.3 is 0 Å². The number of nitrogens with zero attached hydrogens (tertiary/aromatic N) is 1. The largest absolute Gasteiger partial charge is 0.233 e. The van der Waals surface area contributed by atoms with Gasteiger partial charge in [0.2, 0.25) is 0 Å². The average molecular weight is 384 g/mol. The SMILES string of the molecule is Cc1ccc(N=C(C#C[Si](C)(C)C)SC2CCC3CCCCC3C2)cc1. The second-order valence-corrected chi connectivity index (χ2v) is 15.1. The second-order valence-electron chi connectivity index (χ2n) is 9.11. The van der Waals surface area contributed by atoms with Crippen LogP contribution in [-0.4, -0.2) is 18.4 Å². The van der Waals surface area contributed by atoms with E-state index in [0.29, 0.717) is 5.25 Å². The summed E-state index contributed by atoms with van der Waals surface area (Å²) >= 11 is 1.96. The first-order valence-electron chi connectivity index (χ1n) is 10.2. The minimum atomic E-state index is -1.40. The van der Waals surface area contributed by atoms with E-state index in [1.807, 2.05) is 11.8 Å². The standard InChI is InChI=1S/C23H33NSSi/c1-18-9-12-21(13-10-18)24-23(15-16-26(2,3)4)25-22-14-11-19-7-5-6-8-20(19)17-22/h9-10,12-13,19-20,22H,5-8,11,14,17H2,1-4H3. The third-order valence-electron chi connectivity index (χ3n) is 5.58. The van der Waals surface area contributed by atoms with Gasteiger partial charge in [-0.25, -0.2) is 4.99 Å². The summed E-state index contributed by atoms with van der Waals surface area (Å²) in [5.41, 5.74) is 5.85. The summed E-state index contributed by atoms with van der Waals surface area (Å²) < 4.78 is 0. The van der Waals surface area contributed by atoms with Crippen LogP contribution in [0.2, 0.25) is 19.6 Å². The van der Waals surface area contributed by atoms with Crippen LogP contribution in [0.4, 0.5) is 5.69 Å². The van der Waals surface area contributed by atoms with Crippen molar-refractivity contribution in [3.05, 3.63) is 29.8 Å². The number of fused-ring (bicyclic) bond motifs is 1. The van der Waals surface area contributed by atoms with Crippen LogP contribution in [0.3, 0.4) is 0 Å². The van der Waals surface area contributed by atoms with E-state index >= 15 is 0 Å². The summed E-state index contributed by atoms with van der Waals surface area (Å²) in [6.07, 6.45) is 9.96. The molecule has 0 aliphatic heterocycles. The number of rotatable bonds is 2. The summed E-state index contributed by atoms with van der Waals surface area (Å²) in [4.78, 5) is 4.93. The van der Waals surface area contributed by atoms with Gasteiger partial charge < -0.3 is 0 Å². The summed E-state index contributed by atoms with van der Waals surface area (Å²) in [6.45, 7) is 9.04. The Morgan fingerprint density at radius 1 is 1.00 bits per heavy atom. The summed E-state index contributed by atoms with van der Waals surface area (Å²) in [5.74, 6) is 5.43. The van der Waals surface area contributed by atoms with Gasteiger partial charge in [0, 0.05) is 5.25 Å². The molecule has 3 unspecified atom stereocenters. The Kier molecular flexibility index (Phi) is 6.69. The molecule has 0 N–H and O–H groups in total. The summed E-state index contributed by atoms with van der Waals surface area (Å²) in [7, 11) is -1.40. The lowest BCUT2D eigenvalue weighted by Gasteiger charge is -2.38. The fraction of sp³-hybridized carbons (Fsp3) is 0.609. The minimum Gasteiger partial charge on any atom is -0.233 e. The monoisotopic (exact) mass is 383 g/mol. The van der Waals surface area contributed by atoms with Gasteiger partial charge in [0.05, 0.1) is 5.69 Å². The Labute approximate surface area is 165 Å². The first-order valence-corrected chi connectivity index (χ1v) is 14.6. The maximum atomic E-state index is 4.93. The van der Waals surface area contributed by atoms with E-state index in [9.17, 15) is 0 Å². The van der Waals surface area contributed by atoms with Gasteiger partial charge in [-0.1, -0.05) is 74.8 Å². The van der Waals surface area contributed by atoms with Crippen LogP contribution in [0.25, 0.3) is 0 Å². The summed E-state index contributed by atoms with van der Waals surface area (Å²) in [6, 6.07) is 8.51. The minimum absolute atomic E-state index is 0.703. The van der Waals surface area contributed by atoms with Crippen LogP contribution in [0, 0.1) is 30.2 Å². The number of hydrogen-bond acceptors (Lipinski definition) is 2. The second kappa shape index (κ2) is 8.80. The molecule has 0 heterocycles. The third-order valence-corrected chi connectivity index (χ3v) is 7.63. The van der Waals surface area contributed by atoms with Crippen molar-refractivity contribution in [1.29, 1.82) is 0 Å². The lowest BCUT2D eigenvalue weighted by Crippen LogP contribution is -2.29. The molecule has 0 bridgehead atoms. The zero-order valence-electron chi connectivity index (χ0n) is 16.8. The number of benzene rings is 1. The Morgan fingerprint density at radius 3 is 2.38 bits per heavy atom. The van der Waals surface area contributed by atoms with Crippen molar-refractivity contribution >= 4 is 30.6 Å². The molecule has 2 fully saturated rings. The van der Waals surface area contributed by atoms with Crippen molar-refractivity contribution in [2.24, 2.45) is 16.8 Å². The molecule has 1 nitrogen and oxygen atoms in total. The van der Waals surface area contributed by atoms with Gasteiger partial charge in [0.25, 0.3) is 0 Å². The van der Waals surface area contributed by atoms with Crippen LogP contribution >= 0.6 is 11.8 Å². The van der Waals surface area contributed by atoms with E-state index in [4.69, 9.17) is 4.99 Å². The first-order chi connectivity index (χ1) is 12.4. The Hall–Kier alpha value is -0.983. The smallest absolute Gasteiger partial charge is 0.146 e. The lowest BCUT2D eigenvalue weighted by atomic mass is 9.71.